The number of aliphatic carboxylic acids is 1. The molecule has 0 saturated heterocycles. The van der Waals surface area contributed by atoms with Crippen LogP contribution in [-0.4, -0.2) is 60.6 Å². The number of hydrogen-bond acceptors (Lipinski definition) is 6. The van der Waals surface area contributed by atoms with Gasteiger partial charge < -0.3 is 31.1 Å². The van der Waals surface area contributed by atoms with Gasteiger partial charge in [-0.15, -0.1) is 0 Å². The highest BCUT2D eigenvalue weighted by molar-refractivity contribution is 5.89. The molecule has 0 radical (unpaired) electrons. The summed E-state index contributed by atoms with van der Waals surface area (Å²) in [7, 11) is 0. The van der Waals surface area contributed by atoms with E-state index in [1.807, 2.05) is 18.2 Å². The largest absolute Gasteiger partial charge is 0.481 e. The molecule has 2 rings (SSSR count). The Labute approximate surface area is 210 Å². The first-order chi connectivity index (χ1) is 17.2. The van der Waals surface area contributed by atoms with E-state index >= 15 is 0 Å². The molecule has 1 aliphatic rings. The van der Waals surface area contributed by atoms with E-state index in [4.69, 9.17) is 4.74 Å². The number of benzene rings is 1. The van der Waals surface area contributed by atoms with Gasteiger partial charge in [-0.05, 0) is 30.7 Å². The fraction of sp³-hybridized carbons (Fsp3) is 0.560. The van der Waals surface area contributed by atoms with Crippen LogP contribution in [0.1, 0.15) is 57.4 Å². The molecular weight excluding hydrogens is 468 g/mol. The SMILES string of the molecule is C[C@H](NC(=O)CNC(=O)OCc1ccccc1)C(=O)NCCC(=O)NCC1(CC(=O)O)CCCCC1. The second-order valence-electron chi connectivity index (χ2n) is 9.15. The summed E-state index contributed by atoms with van der Waals surface area (Å²) in [4.78, 5) is 59.4. The minimum Gasteiger partial charge on any atom is -0.481 e. The van der Waals surface area contributed by atoms with E-state index in [0.717, 1.165) is 37.7 Å². The van der Waals surface area contributed by atoms with E-state index in [2.05, 4.69) is 21.3 Å². The number of carboxylic acids is 1. The van der Waals surface area contributed by atoms with Crippen molar-refractivity contribution in [3.8, 4) is 0 Å². The minimum absolute atomic E-state index is 0.0286. The van der Waals surface area contributed by atoms with Crippen molar-refractivity contribution in [2.24, 2.45) is 5.41 Å². The van der Waals surface area contributed by atoms with E-state index in [-0.39, 0.29) is 38.4 Å². The van der Waals surface area contributed by atoms with E-state index in [1.54, 1.807) is 12.1 Å². The lowest BCUT2D eigenvalue weighted by Crippen LogP contribution is -2.48. The van der Waals surface area contributed by atoms with Crippen molar-refractivity contribution in [2.45, 2.75) is 64.5 Å². The number of carbonyl (C=O) groups is 5. The molecule has 1 aromatic carbocycles. The zero-order chi connectivity index (χ0) is 26.4. The molecule has 11 heteroatoms. The molecule has 0 aliphatic heterocycles. The van der Waals surface area contributed by atoms with Gasteiger partial charge in [0.05, 0.1) is 6.42 Å². The molecule has 1 saturated carbocycles. The molecule has 1 aromatic rings. The third-order valence-corrected chi connectivity index (χ3v) is 6.13. The van der Waals surface area contributed by atoms with Gasteiger partial charge in [-0.25, -0.2) is 4.79 Å². The van der Waals surface area contributed by atoms with Crippen LogP contribution in [0.25, 0.3) is 0 Å². The van der Waals surface area contributed by atoms with Gasteiger partial charge in [0.2, 0.25) is 17.7 Å². The standard InChI is InChI=1S/C25H36N4O7/c1-18(29-21(31)15-27-24(35)36-16-19-8-4-2-5-9-19)23(34)26-13-10-20(30)28-17-25(14-22(32)33)11-6-3-7-12-25/h2,4-5,8-9,18H,3,6-7,10-17H2,1H3,(H,26,34)(H,27,35)(H,28,30)(H,29,31)(H,32,33)/t18-/m0/s1. The molecule has 0 aromatic heterocycles. The predicted octanol–water partition coefficient (Wildman–Crippen LogP) is 1.47. The monoisotopic (exact) mass is 504 g/mol. The van der Waals surface area contributed by atoms with Gasteiger partial charge in [-0.2, -0.15) is 0 Å². The van der Waals surface area contributed by atoms with E-state index < -0.39 is 35.3 Å². The van der Waals surface area contributed by atoms with E-state index in [9.17, 15) is 29.1 Å². The second-order valence-corrected chi connectivity index (χ2v) is 9.15. The molecule has 1 atom stereocenters. The fourth-order valence-electron chi connectivity index (χ4n) is 4.15. The van der Waals surface area contributed by atoms with Crippen LogP contribution < -0.4 is 21.3 Å². The predicted molar refractivity (Wildman–Crippen MR) is 131 cm³/mol. The third kappa shape index (κ3) is 10.7. The van der Waals surface area contributed by atoms with Gasteiger partial charge in [0.1, 0.15) is 19.2 Å². The number of alkyl carbamates (subject to hydrolysis) is 1. The smallest absolute Gasteiger partial charge is 0.407 e. The van der Waals surface area contributed by atoms with Crippen LogP contribution >= 0.6 is 0 Å². The average Bonchev–Trinajstić information content (AvgIpc) is 2.85. The Morgan fingerprint density at radius 1 is 0.972 bits per heavy atom. The summed E-state index contributed by atoms with van der Waals surface area (Å²) < 4.78 is 5.01. The van der Waals surface area contributed by atoms with E-state index in [0.29, 0.717) is 6.54 Å². The van der Waals surface area contributed by atoms with Crippen molar-refractivity contribution >= 4 is 29.8 Å². The lowest BCUT2D eigenvalue weighted by atomic mass is 9.71. The first kappa shape index (κ1) is 28.6. The first-order valence-electron chi connectivity index (χ1n) is 12.2. The maximum atomic E-state index is 12.2. The Hall–Kier alpha value is -3.63. The van der Waals surface area contributed by atoms with Crippen LogP contribution in [0.2, 0.25) is 0 Å². The average molecular weight is 505 g/mol. The highest BCUT2D eigenvalue weighted by Gasteiger charge is 2.34. The molecule has 0 heterocycles. The summed E-state index contributed by atoms with van der Waals surface area (Å²) in [5, 5.41) is 19.4. The lowest BCUT2D eigenvalue weighted by Gasteiger charge is -2.36. The van der Waals surface area contributed by atoms with Crippen molar-refractivity contribution < 1.29 is 33.8 Å². The van der Waals surface area contributed by atoms with Crippen molar-refractivity contribution in [3.63, 3.8) is 0 Å². The Kier molecular flexibility index (Phi) is 11.7. The van der Waals surface area contributed by atoms with Crippen LogP contribution in [0, 0.1) is 5.41 Å². The second kappa shape index (κ2) is 14.7. The normalized spacial score (nSPS) is 15.1. The lowest BCUT2D eigenvalue weighted by molar-refractivity contribution is -0.140. The highest BCUT2D eigenvalue weighted by Crippen LogP contribution is 2.38. The molecule has 0 bridgehead atoms. The quantitative estimate of drug-likeness (QED) is 0.271. The summed E-state index contributed by atoms with van der Waals surface area (Å²) in [5.74, 6) is -2.19. The van der Waals surface area contributed by atoms with Crippen LogP contribution in [0.15, 0.2) is 30.3 Å². The van der Waals surface area contributed by atoms with Gasteiger partial charge in [0.25, 0.3) is 0 Å². The van der Waals surface area contributed by atoms with Crippen LogP contribution in [0.5, 0.6) is 0 Å². The zero-order valence-electron chi connectivity index (χ0n) is 20.6. The van der Waals surface area contributed by atoms with Gasteiger partial charge in [-0.3, -0.25) is 19.2 Å². The van der Waals surface area contributed by atoms with Crippen molar-refractivity contribution in [1.82, 2.24) is 21.3 Å². The summed E-state index contributed by atoms with van der Waals surface area (Å²) in [6.45, 7) is 1.58. The molecule has 1 fully saturated rings. The third-order valence-electron chi connectivity index (χ3n) is 6.13. The number of hydrogen-bond donors (Lipinski definition) is 5. The Balaban J connectivity index is 1.60. The first-order valence-corrected chi connectivity index (χ1v) is 12.2. The molecule has 198 valence electrons. The molecule has 1 aliphatic carbocycles. The number of carboxylic acid groups (broad SMARTS) is 1. The van der Waals surface area contributed by atoms with Gasteiger partial charge >= 0.3 is 12.1 Å². The Morgan fingerprint density at radius 3 is 2.33 bits per heavy atom. The maximum Gasteiger partial charge on any atom is 0.407 e. The van der Waals surface area contributed by atoms with Crippen LogP contribution in [-0.2, 0) is 30.5 Å². The number of amides is 4. The summed E-state index contributed by atoms with van der Waals surface area (Å²) in [5.41, 5.74) is 0.397. The van der Waals surface area contributed by atoms with Crippen LogP contribution in [0.4, 0.5) is 4.79 Å². The van der Waals surface area contributed by atoms with Crippen molar-refractivity contribution in [1.29, 1.82) is 0 Å². The fourth-order valence-corrected chi connectivity index (χ4v) is 4.15. The van der Waals surface area contributed by atoms with Crippen molar-refractivity contribution in [3.05, 3.63) is 35.9 Å². The van der Waals surface area contributed by atoms with Gasteiger partial charge in [0, 0.05) is 19.5 Å². The Bertz CT molecular complexity index is 901. The van der Waals surface area contributed by atoms with Gasteiger partial charge in [0.15, 0.2) is 0 Å². The van der Waals surface area contributed by atoms with Gasteiger partial charge in [-0.1, -0.05) is 49.6 Å². The summed E-state index contributed by atoms with van der Waals surface area (Å²) in [6.07, 6.45) is 3.83. The topological polar surface area (TPSA) is 163 Å². The van der Waals surface area contributed by atoms with Crippen LogP contribution in [0.3, 0.4) is 0 Å². The molecule has 36 heavy (non-hydrogen) atoms. The molecule has 11 nitrogen and oxygen atoms in total. The summed E-state index contributed by atoms with van der Waals surface area (Å²) >= 11 is 0. The zero-order valence-corrected chi connectivity index (χ0v) is 20.6. The molecule has 0 spiro atoms. The maximum absolute atomic E-state index is 12.2. The Morgan fingerprint density at radius 2 is 1.67 bits per heavy atom. The summed E-state index contributed by atoms with van der Waals surface area (Å²) in [6, 6.07) is 8.21. The van der Waals surface area contributed by atoms with E-state index in [1.165, 1.54) is 6.92 Å². The molecular formula is C25H36N4O7. The number of carbonyl (C=O) groups excluding carboxylic acids is 4. The number of ether oxygens (including phenoxy) is 1. The molecule has 4 amide bonds. The highest BCUT2D eigenvalue weighted by atomic mass is 16.5. The molecule has 0 unspecified atom stereocenters. The number of rotatable bonds is 13. The molecule has 5 N–H and O–H groups in total. The number of nitrogens with one attached hydrogen (secondary N) is 4. The van der Waals surface area contributed by atoms with Crippen molar-refractivity contribution in [2.75, 3.05) is 19.6 Å². The minimum atomic E-state index is -0.872.